The lowest BCUT2D eigenvalue weighted by Gasteiger charge is -2.34. The Labute approximate surface area is 134 Å². The predicted molar refractivity (Wildman–Crippen MR) is 84.4 cm³/mol. The fourth-order valence-electron chi connectivity index (χ4n) is 3.17. The highest BCUT2D eigenvalue weighted by Crippen LogP contribution is 2.31. The first-order chi connectivity index (χ1) is 11.0. The summed E-state index contributed by atoms with van der Waals surface area (Å²) in [5.74, 6) is -0.415. The summed E-state index contributed by atoms with van der Waals surface area (Å²) in [4.78, 5) is 25.9. The molecular formula is C18H19NO4. The third kappa shape index (κ3) is 2.63. The van der Waals surface area contributed by atoms with E-state index >= 15 is 0 Å². The zero-order chi connectivity index (χ0) is 16.6. The molecule has 1 atom stereocenters. The minimum atomic E-state index is -1.02. The summed E-state index contributed by atoms with van der Waals surface area (Å²) in [6.45, 7) is 4.21. The van der Waals surface area contributed by atoms with Crippen molar-refractivity contribution in [1.82, 2.24) is 4.90 Å². The van der Waals surface area contributed by atoms with Crippen LogP contribution in [0.2, 0.25) is 0 Å². The standard InChI is InChI=1S/C18H19NO4/c1-3-14-11(2)10-15(23-14)17(20)19-9-8-12-6-4-5-7-13(12)16(19)18(21)22/h4-7,10,16H,3,8-9H2,1-2H3,(H,21,22). The topological polar surface area (TPSA) is 70.8 Å². The smallest absolute Gasteiger partial charge is 0.331 e. The lowest BCUT2D eigenvalue weighted by Crippen LogP contribution is -2.43. The van der Waals surface area contributed by atoms with Crippen LogP contribution in [-0.2, 0) is 17.6 Å². The van der Waals surface area contributed by atoms with Gasteiger partial charge in [-0.1, -0.05) is 31.2 Å². The summed E-state index contributed by atoms with van der Waals surface area (Å²) in [5.41, 5.74) is 2.58. The number of carbonyl (C=O) groups excluding carboxylic acids is 1. The van der Waals surface area contributed by atoms with Crippen molar-refractivity contribution in [1.29, 1.82) is 0 Å². The molecule has 2 heterocycles. The van der Waals surface area contributed by atoms with Gasteiger partial charge in [-0.3, -0.25) is 4.79 Å². The number of benzene rings is 1. The minimum absolute atomic E-state index is 0.213. The first kappa shape index (κ1) is 15.3. The zero-order valence-corrected chi connectivity index (χ0v) is 13.2. The Hall–Kier alpha value is -2.56. The number of hydrogen-bond donors (Lipinski definition) is 1. The first-order valence-corrected chi connectivity index (χ1v) is 7.73. The maximum Gasteiger partial charge on any atom is 0.331 e. The second kappa shape index (κ2) is 5.91. The molecule has 1 aliphatic heterocycles. The Bertz CT molecular complexity index is 762. The van der Waals surface area contributed by atoms with Crippen LogP contribution in [0.15, 0.2) is 34.7 Å². The number of aliphatic carboxylic acids is 1. The maximum atomic E-state index is 12.8. The quantitative estimate of drug-likeness (QED) is 0.945. The van der Waals surface area contributed by atoms with E-state index in [1.165, 1.54) is 4.90 Å². The third-order valence-electron chi connectivity index (χ3n) is 4.33. The van der Waals surface area contributed by atoms with Gasteiger partial charge in [-0.25, -0.2) is 4.79 Å². The maximum absolute atomic E-state index is 12.8. The molecule has 0 radical (unpaired) electrons. The molecule has 1 aromatic carbocycles. The van der Waals surface area contributed by atoms with Crippen LogP contribution in [0.4, 0.5) is 0 Å². The van der Waals surface area contributed by atoms with Crippen molar-refractivity contribution in [2.75, 3.05) is 6.54 Å². The molecule has 3 rings (SSSR count). The van der Waals surface area contributed by atoms with Gasteiger partial charge in [0, 0.05) is 13.0 Å². The van der Waals surface area contributed by atoms with Gasteiger partial charge < -0.3 is 14.4 Å². The summed E-state index contributed by atoms with van der Waals surface area (Å²) in [7, 11) is 0. The van der Waals surface area contributed by atoms with Gasteiger partial charge >= 0.3 is 5.97 Å². The molecule has 120 valence electrons. The predicted octanol–water partition coefficient (Wildman–Crippen LogP) is 2.97. The lowest BCUT2D eigenvalue weighted by molar-refractivity contribution is -0.143. The lowest BCUT2D eigenvalue weighted by atomic mass is 9.92. The van der Waals surface area contributed by atoms with E-state index < -0.39 is 12.0 Å². The Morgan fingerprint density at radius 3 is 2.74 bits per heavy atom. The molecule has 0 spiro atoms. The number of aryl methyl sites for hydroxylation is 2. The third-order valence-corrected chi connectivity index (χ3v) is 4.33. The van der Waals surface area contributed by atoms with Crippen molar-refractivity contribution in [3.63, 3.8) is 0 Å². The molecule has 1 unspecified atom stereocenters. The molecule has 1 aliphatic rings. The van der Waals surface area contributed by atoms with Gasteiger partial charge in [-0.15, -0.1) is 0 Å². The molecule has 1 N–H and O–H groups in total. The van der Waals surface area contributed by atoms with Gasteiger partial charge in [0.15, 0.2) is 11.8 Å². The molecule has 2 aromatic rings. The fraction of sp³-hybridized carbons (Fsp3) is 0.333. The SMILES string of the molecule is CCc1oc(C(=O)N2CCc3ccccc3C2C(=O)O)cc1C. The van der Waals surface area contributed by atoms with Gasteiger partial charge in [0.25, 0.3) is 5.91 Å². The molecule has 5 heteroatoms. The van der Waals surface area contributed by atoms with Crippen LogP contribution in [0.25, 0.3) is 0 Å². The number of rotatable bonds is 3. The monoisotopic (exact) mass is 313 g/mol. The van der Waals surface area contributed by atoms with Gasteiger partial charge in [-0.2, -0.15) is 0 Å². The van der Waals surface area contributed by atoms with Gasteiger partial charge in [0.2, 0.25) is 0 Å². The van der Waals surface area contributed by atoms with Crippen molar-refractivity contribution in [3.8, 4) is 0 Å². The van der Waals surface area contributed by atoms with E-state index in [0.29, 0.717) is 24.9 Å². The van der Waals surface area contributed by atoms with Crippen LogP contribution in [0.5, 0.6) is 0 Å². The average molecular weight is 313 g/mol. The normalized spacial score (nSPS) is 17.0. The Kier molecular flexibility index (Phi) is 3.94. The molecule has 1 amide bonds. The largest absolute Gasteiger partial charge is 0.479 e. The summed E-state index contributed by atoms with van der Waals surface area (Å²) in [6, 6.07) is 8.11. The van der Waals surface area contributed by atoms with Gasteiger partial charge in [0.1, 0.15) is 5.76 Å². The van der Waals surface area contributed by atoms with Crippen molar-refractivity contribution < 1.29 is 19.1 Å². The summed E-state index contributed by atoms with van der Waals surface area (Å²) in [5, 5.41) is 9.63. The molecule has 0 aliphatic carbocycles. The molecule has 23 heavy (non-hydrogen) atoms. The molecule has 1 aromatic heterocycles. The zero-order valence-electron chi connectivity index (χ0n) is 13.2. The molecule has 0 saturated carbocycles. The van der Waals surface area contributed by atoms with Gasteiger partial charge in [0.05, 0.1) is 0 Å². The average Bonchev–Trinajstić information content (AvgIpc) is 2.93. The van der Waals surface area contributed by atoms with Crippen molar-refractivity contribution in [2.45, 2.75) is 32.7 Å². The van der Waals surface area contributed by atoms with Crippen molar-refractivity contribution in [3.05, 3.63) is 58.5 Å². The van der Waals surface area contributed by atoms with E-state index in [9.17, 15) is 14.7 Å². The van der Waals surface area contributed by atoms with Crippen LogP contribution in [0.3, 0.4) is 0 Å². The number of carboxylic acids is 1. The van der Waals surface area contributed by atoms with Crippen LogP contribution in [0, 0.1) is 6.92 Å². The van der Waals surface area contributed by atoms with Crippen LogP contribution in [-0.4, -0.2) is 28.4 Å². The van der Waals surface area contributed by atoms with Gasteiger partial charge in [-0.05, 0) is 36.1 Å². The summed E-state index contributed by atoms with van der Waals surface area (Å²) >= 11 is 0. The van der Waals surface area contributed by atoms with Crippen LogP contribution < -0.4 is 0 Å². The molecular weight excluding hydrogens is 294 g/mol. The molecule has 5 nitrogen and oxygen atoms in total. The first-order valence-electron chi connectivity index (χ1n) is 7.73. The summed E-state index contributed by atoms with van der Waals surface area (Å²) < 4.78 is 5.61. The highest BCUT2D eigenvalue weighted by Gasteiger charge is 2.37. The summed E-state index contributed by atoms with van der Waals surface area (Å²) in [6.07, 6.45) is 1.34. The van der Waals surface area contributed by atoms with E-state index in [1.807, 2.05) is 26.0 Å². The van der Waals surface area contributed by atoms with Crippen LogP contribution >= 0.6 is 0 Å². The van der Waals surface area contributed by atoms with E-state index in [-0.39, 0.29) is 11.7 Å². The van der Waals surface area contributed by atoms with E-state index in [2.05, 4.69) is 0 Å². The van der Waals surface area contributed by atoms with Crippen molar-refractivity contribution in [2.24, 2.45) is 0 Å². The van der Waals surface area contributed by atoms with Crippen molar-refractivity contribution >= 4 is 11.9 Å². The second-order valence-corrected chi connectivity index (χ2v) is 5.76. The highest BCUT2D eigenvalue weighted by atomic mass is 16.4. The van der Waals surface area contributed by atoms with Crippen LogP contribution in [0.1, 0.15) is 46.0 Å². The Balaban J connectivity index is 1.98. The fourth-order valence-corrected chi connectivity index (χ4v) is 3.17. The number of hydrogen-bond acceptors (Lipinski definition) is 3. The Morgan fingerprint density at radius 1 is 1.35 bits per heavy atom. The molecule has 0 bridgehead atoms. The van der Waals surface area contributed by atoms with E-state index in [0.717, 1.165) is 16.9 Å². The Morgan fingerprint density at radius 2 is 2.09 bits per heavy atom. The number of nitrogens with zero attached hydrogens (tertiary/aromatic N) is 1. The number of carbonyl (C=O) groups is 2. The number of amides is 1. The number of fused-ring (bicyclic) bond motifs is 1. The number of carboxylic acid groups (broad SMARTS) is 1. The minimum Gasteiger partial charge on any atom is -0.479 e. The molecule has 0 fully saturated rings. The van der Waals surface area contributed by atoms with E-state index in [1.54, 1.807) is 18.2 Å². The second-order valence-electron chi connectivity index (χ2n) is 5.76. The number of furan rings is 1. The molecule has 0 saturated heterocycles. The highest BCUT2D eigenvalue weighted by molar-refractivity contribution is 5.95. The van der Waals surface area contributed by atoms with E-state index in [4.69, 9.17) is 4.42 Å².